The number of nitrogens with two attached hydrogens (primary N) is 2. The highest BCUT2D eigenvalue weighted by molar-refractivity contribution is 6.02. The van der Waals surface area contributed by atoms with Gasteiger partial charge in [-0.1, -0.05) is 30.3 Å². The van der Waals surface area contributed by atoms with Crippen molar-refractivity contribution in [2.45, 2.75) is 0 Å². The molecule has 5 heteroatoms. The van der Waals surface area contributed by atoms with Crippen LogP contribution in [0.2, 0.25) is 0 Å². The van der Waals surface area contributed by atoms with Gasteiger partial charge in [0.05, 0.1) is 5.56 Å². The van der Waals surface area contributed by atoms with Gasteiger partial charge in [-0.05, 0) is 29.8 Å². The topological polar surface area (TPSA) is 95.4 Å². The van der Waals surface area contributed by atoms with Crippen LogP contribution in [0.5, 0.6) is 0 Å². The summed E-state index contributed by atoms with van der Waals surface area (Å²) < 4.78 is 4.69. The lowest BCUT2D eigenvalue weighted by Gasteiger charge is -2.03. The third-order valence-electron chi connectivity index (χ3n) is 2.62. The van der Waals surface area contributed by atoms with E-state index in [4.69, 9.17) is 16.2 Å². The van der Waals surface area contributed by atoms with Gasteiger partial charge in [0.1, 0.15) is 0 Å². The van der Waals surface area contributed by atoms with Crippen LogP contribution in [-0.2, 0) is 9.53 Å². The first-order chi connectivity index (χ1) is 10.0. The summed E-state index contributed by atoms with van der Waals surface area (Å²) >= 11 is 0. The fraction of sp³-hybridized carbons (Fsp3) is 0. The van der Waals surface area contributed by atoms with Crippen molar-refractivity contribution in [2.75, 3.05) is 11.5 Å². The maximum absolute atomic E-state index is 11.8. The maximum Gasteiger partial charge on any atom is 0.346 e. The monoisotopic (exact) mass is 282 g/mol. The van der Waals surface area contributed by atoms with E-state index < -0.39 is 11.9 Å². The van der Waals surface area contributed by atoms with Crippen LogP contribution in [0.4, 0.5) is 11.4 Å². The van der Waals surface area contributed by atoms with Crippen LogP contribution in [0.3, 0.4) is 0 Å². The first-order valence-electron chi connectivity index (χ1n) is 6.20. The van der Waals surface area contributed by atoms with Gasteiger partial charge in [-0.3, -0.25) is 0 Å². The Labute approximate surface area is 121 Å². The highest BCUT2D eigenvalue weighted by Gasteiger charge is 2.12. The first kappa shape index (κ1) is 14.3. The van der Waals surface area contributed by atoms with Gasteiger partial charge in [-0.15, -0.1) is 0 Å². The second-order valence-corrected chi connectivity index (χ2v) is 4.34. The molecule has 0 fully saturated rings. The van der Waals surface area contributed by atoms with E-state index in [1.54, 1.807) is 6.08 Å². The van der Waals surface area contributed by atoms with Gasteiger partial charge in [-0.25, -0.2) is 9.59 Å². The molecule has 0 aromatic heterocycles. The van der Waals surface area contributed by atoms with Crippen LogP contribution >= 0.6 is 0 Å². The Morgan fingerprint density at radius 3 is 2.19 bits per heavy atom. The molecule has 4 N–H and O–H groups in total. The lowest BCUT2D eigenvalue weighted by Crippen LogP contribution is -2.11. The Bertz CT molecular complexity index is 674. The third-order valence-corrected chi connectivity index (χ3v) is 2.62. The lowest BCUT2D eigenvalue weighted by molar-refractivity contribution is -0.132. The zero-order valence-electron chi connectivity index (χ0n) is 11.2. The molecule has 0 aliphatic rings. The Hall–Kier alpha value is -3.08. The molecule has 2 rings (SSSR count). The highest BCUT2D eigenvalue weighted by atomic mass is 16.6. The van der Waals surface area contributed by atoms with Crippen LogP contribution in [0.1, 0.15) is 15.9 Å². The van der Waals surface area contributed by atoms with Crippen LogP contribution in [0, 0.1) is 0 Å². The molecule has 0 amide bonds. The normalized spacial score (nSPS) is 10.5. The Morgan fingerprint density at radius 2 is 1.57 bits per heavy atom. The second kappa shape index (κ2) is 6.38. The summed E-state index contributed by atoms with van der Waals surface area (Å²) in [5, 5.41) is 0. The van der Waals surface area contributed by atoms with Crippen LogP contribution in [0.25, 0.3) is 6.08 Å². The number of hydrogen-bond donors (Lipinski definition) is 2. The first-order valence-corrected chi connectivity index (χ1v) is 6.20. The summed E-state index contributed by atoms with van der Waals surface area (Å²) in [4.78, 5) is 23.4. The van der Waals surface area contributed by atoms with Gasteiger partial charge in [0.15, 0.2) is 0 Å². The molecule has 0 aliphatic heterocycles. The molecule has 2 aromatic carbocycles. The summed E-state index contributed by atoms with van der Waals surface area (Å²) in [6.45, 7) is 0. The van der Waals surface area contributed by atoms with Crippen molar-refractivity contribution in [1.82, 2.24) is 0 Å². The van der Waals surface area contributed by atoms with Crippen molar-refractivity contribution in [3.05, 3.63) is 65.7 Å². The van der Waals surface area contributed by atoms with Crippen molar-refractivity contribution in [3.63, 3.8) is 0 Å². The molecule has 106 valence electrons. The van der Waals surface area contributed by atoms with Gasteiger partial charge >= 0.3 is 11.9 Å². The Balaban J connectivity index is 2.02. The zero-order chi connectivity index (χ0) is 15.2. The maximum atomic E-state index is 11.8. The zero-order valence-corrected chi connectivity index (χ0v) is 11.2. The van der Waals surface area contributed by atoms with Crippen molar-refractivity contribution in [3.8, 4) is 0 Å². The summed E-state index contributed by atoms with van der Waals surface area (Å²) in [5.74, 6) is -1.55. The van der Waals surface area contributed by atoms with E-state index in [-0.39, 0.29) is 5.56 Å². The number of ether oxygens (including phenoxy) is 1. The molecule has 21 heavy (non-hydrogen) atoms. The molecular weight excluding hydrogens is 268 g/mol. The van der Waals surface area contributed by atoms with Crippen molar-refractivity contribution >= 4 is 29.4 Å². The molecule has 0 aliphatic carbocycles. The smallest absolute Gasteiger partial charge is 0.346 e. The molecule has 0 saturated carbocycles. The predicted molar refractivity (Wildman–Crippen MR) is 81.2 cm³/mol. The van der Waals surface area contributed by atoms with Crippen LogP contribution < -0.4 is 11.5 Å². The molecule has 0 heterocycles. The van der Waals surface area contributed by atoms with Crippen molar-refractivity contribution < 1.29 is 14.3 Å². The largest absolute Gasteiger partial charge is 0.399 e. The summed E-state index contributed by atoms with van der Waals surface area (Å²) in [5.41, 5.74) is 12.8. The van der Waals surface area contributed by atoms with E-state index in [1.807, 2.05) is 30.3 Å². The number of carbonyl (C=O) groups is 2. The minimum absolute atomic E-state index is 0.133. The molecule has 0 spiro atoms. The molecule has 2 aromatic rings. The number of esters is 2. The Kier molecular flexibility index (Phi) is 4.36. The predicted octanol–water partition coefficient (Wildman–Crippen LogP) is 2.25. The minimum Gasteiger partial charge on any atom is -0.399 e. The number of benzene rings is 2. The average molecular weight is 282 g/mol. The fourth-order valence-electron chi connectivity index (χ4n) is 1.71. The van der Waals surface area contributed by atoms with Crippen LogP contribution in [0.15, 0.2) is 54.6 Å². The number of carbonyl (C=O) groups excluding carboxylic acids is 2. The van der Waals surface area contributed by atoms with E-state index in [0.717, 1.165) is 5.56 Å². The third kappa shape index (κ3) is 4.21. The molecule has 0 bridgehead atoms. The number of anilines is 2. The molecule has 0 unspecified atom stereocenters. The van der Waals surface area contributed by atoms with Gasteiger partial charge in [0.25, 0.3) is 0 Å². The highest BCUT2D eigenvalue weighted by Crippen LogP contribution is 2.14. The molecule has 0 saturated heterocycles. The van der Waals surface area contributed by atoms with Gasteiger partial charge < -0.3 is 16.2 Å². The van der Waals surface area contributed by atoms with Gasteiger partial charge in [0.2, 0.25) is 0 Å². The van der Waals surface area contributed by atoms with E-state index in [2.05, 4.69) is 0 Å². The van der Waals surface area contributed by atoms with Crippen molar-refractivity contribution in [2.24, 2.45) is 0 Å². The molecule has 5 nitrogen and oxygen atoms in total. The molecule has 0 radical (unpaired) electrons. The Morgan fingerprint density at radius 1 is 0.952 bits per heavy atom. The van der Waals surface area contributed by atoms with Crippen LogP contribution in [-0.4, -0.2) is 11.9 Å². The average Bonchev–Trinajstić information content (AvgIpc) is 2.45. The van der Waals surface area contributed by atoms with E-state index in [0.29, 0.717) is 11.4 Å². The summed E-state index contributed by atoms with van der Waals surface area (Å²) in [6.07, 6.45) is 2.74. The van der Waals surface area contributed by atoms with Gasteiger partial charge in [-0.2, -0.15) is 0 Å². The number of hydrogen-bond acceptors (Lipinski definition) is 5. The minimum atomic E-state index is -0.795. The standard InChI is InChI=1S/C16H14N2O3/c17-13-8-12(9-14(18)10-13)16(20)21-15(19)7-6-11-4-2-1-3-5-11/h1-10H,17-18H2/b7-6+. The van der Waals surface area contributed by atoms with Crippen molar-refractivity contribution in [1.29, 1.82) is 0 Å². The number of nitrogen functional groups attached to an aromatic ring is 2. The summed E-state index contributed by atoms with van der Waals surface area (Å²) in [7, 11) is 0. The van der Waals surface area contributed by atoms with E-state index in [9.17, 15) is 9.59 Å². The van der Waals surface area contributed by atoms with E-state index >= 15 is 0 Å². The molecule has 0 atom stereocenters. The summed E-state index contributed by atoms with van der Waals surface area (Å²) in [6, 6.07) is 13.5. The second-order valence-electron chi connectivity index (χ2n) is 4.34. The lowest BCUT2D eigenvalue weighted by atomic mass is 10.2. The number of rotatable bonds is 3. The van der Waals surface area contributed by atoms with E-state index in [1.165, 1.54) is 24.3 Å². The molecular formula is C16H14N2O3. The fourth-order valence-corrected chi connectivity index (χ4v) is 1.71. The SMILES string of the molecule is Nc1cc(N)cc(C(=O)OC(=O)/C=C/c2ccccc2)c1. The van der Waals surface area contributed by atoms with Gasteiger partial charge in [0, 0.05) is 17.5 Å². The quantitative estimate of drug-likeness (QED) is 0.389.